The molecule has 26 heavy (non-hydrogen) atoms. The van der Waals surface area contributed by atoms with Crippen molar-refractivity contribution in [2.45, 2.75) is 6.92 Å². The van der Waals surface area contributed by atoms with Gasteiger partial charge in [0.25, 0.3) is 5.91 Å². The first kappa shape index (κ1) is 16.9. The third-order valence-corrected chi connectivity index (χ3v) is 5.96. The number of amides is 1. The number of hydrogen-bond donors (Lipinski definition) is 0. The van der Waals surface area contributed by atoms with E-state index in [1.807, 2.05) is 17.0 Å². The topological polar surface area (TPSA) is 23.6 Å². The average Bonchev–Trinajstić information content (AvgIpc) is 3.19. The van der Waals surface area contributed by atoms with Gasteiger partial charge in [-0.3, -0.25) is 4.79 Å². The predicted molar refractivity (Wildman–Crippen MR) is 109 cm³/mol. The summed E-state index contributed by atoms with van der Waals surface area (Å²) in [7, 11) is 0. The molecule has 3 nitrogen and oxygen atoms in total. The number of carbonyl (C=O) groups excluding carboxylic acids is 1. The van der Waals surface area contributed by atoms with Crippen molar-refractivity contribution in [3.63, 3.8) is 0 Å². The van der Waals surface area contributed by atoms with Crippen LogP contribution in [0, 0.1) is 6.92 Å². The maximum Gasteiger partial charge on any atom is 0.264 e. The first-order chi connectivity index (χ1) is 12.7. The SMILES string of the molecule is Cc1ccc(-c2ccc(C(=O)N3CCN(c4ccccc4)CC3)s2)cc1. The van der Waals surface area contributed by atoms with Gasteiger partial charge in [0.15, 0.2) is 0 Å². The van der Waals surface area contributed by atoms with Gasteiger partial charge < -0.3 is 9.80 Å². The first-order valence-electron chi connectivity index (χ1n) is 8.97. The molecule has 0 aliphatic carbocycles. The Morgan fingerprint density at radius 1 is 0.846 bits per heavy atom. The zero-order chi connectivity index (χ0) is 17.9. The molecule has 1 aliphatic heterocycles. The fourth-order valence-corrected chi connectivity index (χ4v) is 4.27. The van der Waals surface area contributed by atoms with Crippen LogP contribution in [0.2, 0.25) is 0 Å². The third kappa shape index (κ3) is 3.51. The molecule has 1 aliphatic rings. The number of anilines is 1. The Labute approximate surface area is 158 Å². The Morgan fingerprint density at radius 2 is 1.54 bits per heavy atom. The second-order valence-electron chi connectivity index (χ2n) is 6.64. The number of nitrogens with zero attached hydrogens (tertiary/aromatic N) is 2. The van der Waals surface area contributed by atoms with Gasteiger partial charge in [0.05, 0.1) is 4.88 Å². The van der Waals surface area contributed by atoms with Crippen LogP contribution in [0.5, 0.6) is 0 Å². The second-order valence-corrected chi connectivity index (χ2v) is 7.73. The van der Waals surface area contributed by atoms with Crippen molar-refractivity contribution in [2.75, 3.05) is 31.1 Å². The van der Waals surface area contributed by atoms with E-state index in [0.717, 1.165) is 35.9 Å². The molecule has 0 saturated carbocycles. The molecule has 132 valence electrons. The van der Waals surface area contributed by atoms with Gasteiger partial charge in [-0.05, 0) is 36.8 Å². The van der Waals surface area contributed by atoms with Crippen LogP contribution in [0.1, 0.15) is 15.2 Å². The average molecular weight is 362 g/mol. The molecule has 0 bridgehead atoms. The van der Waals surface area contributed by atoms with Gasteiger partial charge in [0, 0.05) is 36.7 Å². The molecule has 2 heterocycles. The molecule has 0 spiro atoms. The maximum absolute atomic E-state index is 12.9. The molecule has 0 N–H and O–H groups in total. The van der Waals surface area contributed by atoms with Crippen LogP contribution in [0.25, 0.3) is 10.4 Å². The minimum absolute atomic E-state index is 0.154. The minimum atomic E-state index is 0.154. The van der Waals surface area contributed by atoms with Gasteiger partial charge in [-0.2, -0.15) is 0 Å². The monoisotopic (exact) mass is 362 g/mol. The van der Waals surface area contributed by atoms with Crippen LogP contribution in [0.4, 0.5) is 5.69 Å². The van der Waals surface area contributed by atoms with Gasteiger partial charge in [0.1, 0.15) is 0 Å². The van der Waals surface area contributed by atoms with E-state index in [1.165, 1.54) is 16.8 Å². The number of thiophene rings is 1. The molecule has 1 aromatic heterocycles. The lowest BCUT2D eigenvalue weighted by atomic mass is 10.1. The molecule has 2 aromatic carbocycles. The number of piperazine rings is 1. The van der Waals surface area contributed by atoms with Crippen LogP contribution in [0.15, 0.2) is 66.7 Å². The number of aryl methyl sites for hydroxylation is 1. The van der Waals surface area contributed by atoms with Crippen molar-refractivity contribution in [2.24, 2.45) is 0 Å². The Morgan fingerprint density at radius 3 is 2.23 bits per heavy atom. The highest BCUT2D eigenvalue weighted by molar-refractivity contribution is 7.17. The highest BCUT2D eigenvalue weighted by atomic mass is 32.1. The molecular formula is C22H22N2OS. The maximum atomic E-state index is 12.9. The number of para-hydroxylation sites is 1. The van der Waals surface area contributed by atoms with E-state index < -0.39 is 0 Å². The highest BCUT2D eigenvalue weighted by Crippen LogP contribution is 2.29. The first-order valence-corrected chi connectivity index (χ1v) is 9.78. The smallest absolute Gasteiger partial charge is 0.264 e. The molecule has 0 atom stereocenters. The quantitative estimate of drug-likeness (QED) is 0.675. The van der Waals surface area contributed by atoms with Crippen LogP contribution in [-0.4, -0.2) is 37.0 Å². The summed E-state index contributed by atoms with van der Waals surface area (Å²) in [5.41, 5.74) is 3.66. The standard InChI is InChI=1S/C22H22N2OS/c1-17-7-9-18(10-8-17)20-11-12-21(26-20)22(25)24-15-13-23(14-16-24)19-5-3-2-4-6-19/h2-12H,13-16H2,1H3. The van der Waals surface area contributed by atoms with Crippen molar-refractivity contribution >= 4 is 22.9 Å². The predicted octanol–water partition coefficient (Wildman–Crippen LogP) is 4.69. The fourth-order valence-electron chi connectivity index (χ4n) is 3.29. The summed E-state index contributed by atoms with van der Waals surface area (Å²) in [5.74, 6) is 0.154. The lowest BCUT2D eigenvalue weighted by Gasteiger charge is -2.36. The molecule has 4 rings (SSSR count). The van der Waals surface area contributed by atoms with Gasteiger partial charge in [-0.1, -0.05) is 48.0 Å². The van der Waals surface area contributed by atoms with Gasteiger partial charge in [0.2, 0.25) is 0 Å². The lowest BCUT2D eigenvalue weighted by Crippen LogP contribution is -2.48. The van der Waals surface area contributed by atoms with E-state index in [0.29, 0.717) is 0 Å². The summed E-state index contributed by atoms with van der Waals surface area (Å²) >= 11 is 1.59. The van der Waals surface area contributed by atoms with Crippen LogP contribution < -0.4 is 4.90 Å². The lowest BCUT2D eigenvalue weighted by molar-refractivity contribution is 0.0751. The van der Waals surface area contributed by atoms with E-state index in [2.05, 4.69) is 66.4 Å². The van der Waals surface area contributed by atoms with Crippen molar-refractivity contribution in [1.29, 1.82) is 0 Å². The normalized spacial score (nSPS) is 14.5. The molecule has 0 radical (unpaired) electrons. The summed E-state index contributed by atoms with van der Waals surface area (Å²) in [6.07, 6.45) is 0. The Balaban J connectivity index is 1.42. The van der Waals surface area contributed by atoms with E-state index in [1.54, 1.807) is 11.3 Å². The summed E-state index contributed by atoms with van der Waals surface area (Å²) in [5, 5.41) is 0. The molecular weight excluding hydrogens is 340 g/mol. The van der Waals surface area contributed by atoms with Gasteiger partial charge in [-0.25, -0.2) is 0 Å². The molecule has 1 amide bonds. The van der Waals surface area contributed by atoms with Crippen molar-refractivity contribution in [1.82, 2.24) is 4.90 Å². The Hall–Kier alpha value is -2.59. The van der Waals surface area contributed by atoms with Crippen LogP contribution >= 0.6 is 11.3 Å². The third-order valence-electron chi connectivity index (χ3n) is 4.84. The van der Waals surface area contributed by atoms with E-state index in [-0.39, 0.29) is 5.91 Å². The summed E-state index contributed by atoms with van der Waals surface area (Å²) in [6, 6.07) is 22.9. The van der Waals surface area contributed by atoms with E-state index >= 15 is 0 Å². The summed E-state index contributed by atoms with van der Waals surface area (Å²) < 4.78 is 0. The molecule has 1 saturated heterocycles. The van der Waals surface area contributed by atoms with Crippen LogP contribution in [-0.2, 0) is 0 Å². The molecule has 0 unspecified atom stereocenters. The minimum Gasteiger partial charge on any atom is -0.368 e. The number of carbonyl (C=O) groups is 1. The van der Waals surface area contributed by atoms with E-state index in [9.17, 15) is 4.79 Å². The highest BCUT2D eigenvalue weighted by Gasteiger charge is 2.23. The van der Waals surface area contributed by atoms with E-state index in [4.69, 9.17) is 0 Å². The summed E-state index contributed by atoms with van der Waals surface area (Å²) in [6.45, 7) is 5.39. The summed E-state index contributed by atoms with van der Waals surface area (Å²) in [4.78, 5) is 19.2. The molecule has 1 fully saturated rings. The zero-order valence-electron chi connectivity index (χ0n) is 14.9. The van der Waals surface area contributed by atoms with Gasteiger partial charge in [-0.15, -0.1) is 11.3 Å². The number of rotatable bonds is 3. The Kier molecular flexibility index (Phi) is 4.76. The number of benzene rings is 2. The Bertz CT molecular complexity index is 878. The molecule has 4 heteroatoms. The second kappa shape index (κ2) is 7.34. The van der Waals surface area contributed by atoms with Gasteiger partial charge >= 0.3 is 0 Å². The largest absolute Gasteiger partial charge is 0.368 e. The van der Waals surface area contributed by atoms with Crippen molar-refractivity contribution < 1.29 is 4.79 Å². The zero-order valence-corrected chi connectivity index (χ0v) is 15.7. The van der Waals surface area contributed by atoms with Crippen molar-refractivity contribution in [3.8, 4) is 10.4 Å². The fraction of sp³-hybridized carbons (Fsp3) is 0.227. The number of hydrogen-bond acceptors (Lipinski definition) is 3. The van der Waals surface area contributed by atoms with Crippen molar-refractivity contribution in [3.05, 3.63) is 77.2 Å². The van der Waals surface area contributed by atoms with Crippen LogP contribution in [0.3, 0.4) is 0 Å². The molecule has 3 aromatic rings.